The molecule has 3 aromatic heterocycles. The fourth-order valence-electron chi connectivity index (χ4n) is 4.56. The lowest BCUT2D eigenvalue weighted by Crippen LogP contribution is -2.37. The lowest BCUT2D eigenvalue weighted by molar-refractivity contribution is 0.292. The number of nitriles is 1. The molecule has 0 aliphatic heterocycles. The first-order valence-corrected chi connectivity index (χ1v) is 10.2. The second-order valence-electron chi connectivity index (χ2n) is 8.05. The molecule has 0 spiro atoms. The highest BCUT2D eigenvalue weighted by molar-refractivity contribution is 6.00. The van der Waals surface area contributed by atoms with Crippen molar-refractivity contribution < 1.29 is 0 Å². The first kappa shape index (κ1) is 17.4. The zero-order valence-corrected chi connectivity index (χ0v) is 15.8. The van der Waals surface area contributed by atoms with Crippen LogP contribution in [0.25, 0.3) is 22.1 Å². The van der Waals surface area contributed by atoms with Crippen LogP contribution in [0.2, 0.25) is 0 Å². The van der Waals surface area contributed by atoms with Crippen LogP contribution in [0.4, 0.5) is 0 Å². The van der Waals surface area contributed by atoms with Crippen LogP contribution in [0.15, 0.2) is 23.3 Å². The molecule has 2 aliphatic rings. The van der Waals surface area contributed by atoms with Crippen LogP contribution < -0.4 is 10.9 Å². The van der Waals surface area contributed by atoms with Crippen molar-refractivity contribution in [3.63, 3.8) is 0 Å². The summed E-state index contributed by atoms with van der Waals surface area (Å²) < 4.78 is 2.03. The van der Waals surface area contributed by atoms with Gasteiger partial charge in [-0.05, 0) is 44.6 Å². The Labute approximate surface area is 162 Å². The van der Waals surface area contributed by atoms with Crippen molar-refractivity contribution in [3.05, 3.63) is 34.5 Å². The smallest absolute Gasteiger partial charge is 0.273 e. The van der Waals surface area contributed by atoms with E-state index in [1.807, 2.05) is 16.8 Å². The third-order valence-corrected chi connectivity index (χ3v) is 6.15. The van der Waals surface area contributed by atoms with Gasteiger partial charge in [0.05, 0.1) is 17.8 Å². The summed E-state index contributed by atoms with van der Waals surface area (Å²) in [6.07, 6.45) is 10.3. The van der Waals surface area contributed by atoms with Crippen molar-refractivity contribution in [2.45, 2.75) is 62.9 Å². The van der Waals surface area contributed by atoms with Crippen molar-refractivity contribution in [2.24, 2.45) is 0 Å². The van der Waals surface area contributed by atoms with E-state index < -0.39 is 0 Å². The SMILES string of the molecule is N#CCCNC1CCC(n2c(=O)c(C3CC3)nc3cnc4[nH]ccc4c32)CC1. The standard InChI is InChI=1S/C21H24N6O/c22-9-1-10-23-14-4-6-15(7-5-14)27-19-16-8-11-24-20(16)25-12-17(19)26-18(21(27)28)13-2-3-13/h8,11-15,23H,1-7,10H2,(H,24,25). The van der Waals surface area contributed by atoms with Crippen molar-refractivity contribution in [2.75, 3.05) is 6.54 Å². The van der Waals surface area contributed by atoms with Crippen molar-refractivity contribution in [1.82, 2.24) is 24.8 Å². The average Bonchev–Trinajstić information content (AvgIpc) is 3.44. The summed E-state index contributed by atoms with van der Waals surface area (Å²) in [4.78, 5) is 25.8. The van der Waals surface area contributed by atoms with Gasteiger partial charge >= 0.3 is 0 Å². The van der Waals surface area contributed by atoms with E-state index in [1.54, 1.807) is 6.20 Å². The maximum absolute atomic E-state index is 13.4. The Morgan fingerprint density at radius 1 is 1.25 bits per heavy atom. The van der Waals surface area contributed by atoms with Crippen molar-refractivity contribution in [1.29, 1.82) is 5.26 Å². The highest BCUT2D eigenvalue weighted by Crippen LogP contribution is 2.39. The maximum atomic E-state index is 13.4. The third kappa shape index (κ3) is 2.98. The fourth-order valence-corrected chi connectivity index (χ4v) is 4.56. The summed E-state index contributed by atoms with van der Waals surface area (Å²) in [6, 6.07) is 4.80. The van der Waals surface area contributed by atoms with E-state index in [2.05, 4.69) is 21.4 Å². The predicted octanol–water partition coefficient (Wildman–Crippen LogP) is 3.14. The Kier molecular flexibility index (Phi) is 4.36. The molecule has 28 heavy (non-hydrogen) atoms. The van der Waals surface area contributed by atoms with Crippen LogP contribution >= 0.6 is 0 Å². The largest absolute Gasteiger partial charge is 0.346 e. The van der Waals surface area contributed by atoms with E-state index in [1.165, 1.54) is 0 Å². The van der Waals surface area contributed by atoms with Crippen LogP contribution in [0.3, 0.4) is 0 Å². The topological polar surface area (TPSA) is 99.4 Å². The summed E-state index contributed by atoms with van der Waals surface area (Å²) in [5.74, 6) is 0.314. The van der Waals surface area contributed by atoms with Gasteiger partial charge in [-0.3, -0.25) is 4.79 Å². The second-order valence-corrected chi connectivity index (χ2v) is 8.05. The van der Waals surface area contributed by atoms with Gasteiger partial charge in [-0.25, -0.2) is 9.97 Å². The van der Waals surface area contributed by atoms with Gasteiger partial charge in [0.25, 0.3) is 5.56 Å². The van der Waals surface area contributed by atoms with Gasteiger partial charge < -0.3 is 14.9 Å². The molecule has 0 amide bonds. The molecule has 3 heterocycles. The molecule has 144 valence electrons. The summed E-state index contributed by atoms with van der Waals surface area (Å²) >= 11 is 0. The zero-order chi connectivity index (χ0) is 19.1. The molecule has 2 N–H and O–H groups in total. The number of aromatic nitrogens is 4. The molecule has 7 nitrogen and oxygen atoms in total. The normalized spacial score (nSPS) is 22.5. The minimum Gasteiger partial charge on any atom is -0.346 e. The molecule has 2 saturated carbocycles. The summed E-state index contributed by atoms with van der Waals surface area (Å²) in [5, 5.41) is 13.2. The molecule has 3 aromatic rings. The lowest BCUT2D eigenvalue weighted by Gasteiger charge is -2.31. The predicted molar refractivity (Wildman–Crippen MR) is 107 cm³/mol. The number of hydrogen-bond acceptors (Lipinski definition) is 5. The fraction of sp³-hybridized carbons (Fsp3) is 0.524. The quantitative estimate of drug-likeness (QED) is 0.667. The molecular formula is C21H24N6O. The molecule has 0 atom stereocenters. The van der Waals surface area contributed by atoms with Crippen molar-refractivity contribution >= 4 is 22.1 Å². The average molecular weight is 376 g/mol. The molecule has 0 aromatic carbocycles. The van der Waals surface area contributed by atoms with Gasteiger partial charge in [0.2, 0.25) is 0 Å². The van der Waals surface area contributed by atoms with Gasteiger partial charge in [-0.1, -0.05) is 0 Å². The van der Waals surface area contributed by atoms with Gasteiger partial charge in [0.1, 0.15) is 16.9 Å². The molecule has 2 aliphatic carbocycles. The minimum absolute atomic E-state index is 0.0876. The Balaban J connectivity index is 1.55. The molecule has 0 radical (unpaired) electrons. The van der Waals surface area contributed by atoms with E-state index in [9.17, 15) is 4.79 Å². The van der Waals surface area contributed by atoms with E-state index in [4.69, 9.17) is 10.2 Å². The van der Waals surface area contributed by atoms with Crippen LogP contribution in [0.5, 0.6) is 0 Å². The molecule has 7 heteroatoms. The Hall–Kier alpha value is -2.72. The van der Waals surface area contributed by atoms with Crippen molar-refractivity contribution in [3.8, 4) is 6.07 Å². The van der Waals surface area contributed by atoms with E-state index in [-0.39, 0.29) is 11.6 Å². The van der Waals surface area contributed by atoms with Crippen LogP contribution in [0, 0.1) is 11.3 Å². The highest BCUT2D eigenvalue weighted by atomic mass is 16.1. The molecule has 0 saturated heterocycles. The number of rotatable bonds is 5. The number of nitrogens with one attached hydrogen (secondary N) is 2. The number of hydrogen-bond donors (Lipinski definition) is 2. The summed E-state index contributed by atoms with van der Waals surface area (Å²) in [6.45, 7) is 0.742. The van der Waals surface area contributed by atoms with Crippen LogP contribution in [0.1, 0.15) is 62.6 Å². The Morgan fingerprint density at radius 2 is 2.07 bits per heavy atom. The van der Waals surface area contributed by atoms with Crippen LogP contribution in [-0.2, 0) is 0 Å². The first-order chi connectivity index (χ1) is 13.8. The molecule has 2 fully saturated rings. The highest BCUT2D eigenvalue weighted by Gasteiger charge is 2.32. The number of H-pyrrole nitrogens is 1. The third-order valence-electron chi connectivity index (χ3n) is 6.15. The zero-order valence-electron chi connectivity index (χ0n) is 15.8. The van der Waals surface area contributed by atoms with Crippen LogP contribution in [-0.4, -0.2) is 32.1 Å². The lowest BCUT2D eigenvalue weighted by atomic mass is 9.90. The number of fused-ring (bicyclic) bond motifs is 3. The molecule has 0 unspecified atom stereocenters. The summed E-state index contributed by atoms with van der Waals surface area (Å²) in [5.41, 5.74) is 3.35. The number of aromatic amines is 1. The Bertz CT molecular complexity index is 1110. The molecular weight excluding hydrogens is 352 g/mol. The van der Waals surface area contributed by atoms with E-state index in [0.717, 1.165) is 72.8 Å². The molecule has 0 bridgehead atoms. The van der Waals surface area contributed by atoms with E-state index >= 15 is 0 Å². The number of nitrogens with zero attached hydrogens (tertiary/aromatic N) is 4. The summed E-state index contributed by atoms with van der Waals surface area (Å²) in [7, 11) is 0. The monoisotopic (exact) mass is 376 g/mol. The van der Waals surface area contributed by atoms with E-state index in [0.29, 0.717) is 18.4 Å². The Morgan fingerprint density at radius 3 is 2.82 bits per heavy atom. The van der Waals surface area contributed by atoms with Gasteiger partial charge in [0.15, 0.2) is 0 Å². The first-order valence-electron chi connectivity index (χ1n) is 10.2. The van der Waals surface area contributed by atoms with Gasteiger partial charge in [-0.2, -0.15) is 5.26 Å². The van der Waals surface area contributed by atoms with Gasteiger partial charge in [-0.15, -0.1) is 0 Å². The molecule has 5 rings (SSSR count). The number of pyridine rings is 1. The van der Waals surface area contributed by atoms with Gasteiger partial charge in [0, 0.05) is 42.6 Å². The maximum Gasteiger partial charge on any atom is 0.273 e. The minimum atomic E-state index is 0.0876. The second kappa shape index (κ2) is 7.02.